The van der Waals surface area contributed by atoms with E-state index in [-0.39, 0.29) is 235 Å². The molecular weight excluding hydrogens is 1890 g/mol. The first kappa shape index (κ1) is 121. The molecule has 0 heterocycles. The third-order valence-corrected chi connectivity index (χ3v) is 9.83. The summed E-state index contributed by atoms with van der Waals surface area (Å²) in [5.74, 6) is 0.570. The van der Waals surface area contributed by atoms with Crippen molar-refractivity contribution >= 4 is 37.3 Å². The van der Waals surface area contributed by atoms with Crippen LogP contribution in [0.3, 0.4) is 0 Å². The summed E-state index contributed by atoms with van der Waals surface area (Å²) in [6.45, 7) is 6.74. The summed E-state index contributed by atoms with van der Waals surface area (Å²) in [7, 11) is 8.72. The number of nitriles is 3. The number of rotatable bonds is 21. The molecule has 0 aliphatic carbocycles. The van der Waals surface area contributed by atoms with Crippen LogP contribution in [-0.2, 0) is 39.0 Å². The molecule has 0 saturated heterocycles. The van der Waals surface area contributed by atoms with Crippen molar-refractivity contribution in [2.45, 2.75) is 20.8 Å². The van der Waals surface area contributed by atoms with Gasteiger partial charge in [-0.15, -0.1) is 0 Å². The fourth-order valence-corrected chi connectivity index (χ4v) is 6.10. The summed E-state index contributed by atoms with van der Waals surface area (Å²) in [6, 6.07) is 35.4. The smallest absolute Gasteiger partial charge is 0.870 e. The molecule has 0 unspecified atom stereocenters. The van der Waals surface area contributed by atoms with Crippen LogP contribution >= 0.6 is 0 Å². The van der Waals surface area contributed by atoms with Crippen molar-refractivity contribution in [3.8, 4) is 87.2 Å². The monoisotopic (exact) mass is 1950 g/mol. The zero-order valence-corrected chi connectivity index (χ0v) is 68.9. The van der Waals surface area contributed by atoms with Gasteiger partial charge in [0.05, 0.1) is 100 Å². The summed E-state index contributed by atoms with van der Waals surface area (Å²) in [4.78, 5) is 32.5. The summed E-state index contributed by atoms with van der Waals surface area (Å²) in [6.07, 6.45) is 9.03. The van der Waals surface area contributed by atoms with Crippen LogP contribution in [0.1, 0.15) is 54.2 Å². The van der Waals surface area contributed by atoms with E-state index >= 15 is 0 Å². The molecule has 6 aromatic carbocycles. The molecule has 0 radical (unpaired) electrons. The van der Waals surface area contributed by atoms with E-state index in [1.54, 1.807) is 127 Å². The van der Waals surface area contributed by atoms with Crippen LogP contribution in [0, 0.1) is 150 Å². The van der Waals surface area contributed by atoms with Gasteiger partial charge in [0.15, 0.2) is 0 Å². The number of benzene rings is 6. The summed E-state index contributed by atoms with van der Waals surface area (Å²) in [5.41, 5.74) is 70.3. The molecular formula is C60H65N24O14Tb3Zn2. The zero-order valence-electron chi connectivity index (χ0n) is 56.5. The Morgan fingerprint density at radius 2 is 0.398 bits per heavy atom. The first-order valence-corrected chi connectivity index (χ1v) is 26.2. The SMILES string of the molecule is CC#N.CC#N.CC#N.COc1cccc(C=NCCN=Cc2cccc(OC)c2[O-])c1[O-].COc1cccc(C=NCCN=Cc2cccc(OC)c2[O-])c1[O-].COc1cccc(C=NCCN=Cc2cccc(OC)c2[O-])c1[O-].[N-]=[N+]=[N-].[N-]=[N+]=[N-].[N-]=[N+]=[N-].[N-]=[N+]=[N-].[N-]=[N+]=[N-].[OH-].[OH-].[Tb+3].[Tb+3].[Tb+3].[Zn+2].[Zn+2]. The van der Waals surface area contributed by atoms with Gasteiger partial charge < -0.3 is 125 Å². The maximum absolute atomic E-state index is 11.9. The van der Waals surface area contributed by atoms with Gasteiger partial charge in [0.1, 0.15) is 34.5 Å². The van der Waals surface area contributed by atoms with Crippen molar-refractivity contribution in [2.24, 2.45) is 30.0 Å². The minimum atomic E-state index is -0.195. The molecule has 0 aliphatic rings. The molecule has 38 nitrogen and oxygen atoms in total. The molecule has 0 amide bonds. The van der Waals surface area contributed by atoms with E-state index in [9.17, 15) is 30.6 Å². The van der Waals surface area contributed by atoms with Crippen molar-refractivity contribution in [2.75, 3.05) is 81.9 Å². The van der Waals surface area contributed by atoms with Gasteiger partial charge in [-0.1, -0.05) is 107 Å². The zero-order chi connectivity index (χ0) is 73.7. The Labute approximate surface area is 712 Å². The average molecular weight is 1950 g/mol. The molecule has 43 heteroatoms. The van der Waals surface area contributed by atoms with Crippen LogP contribution in [0.2, 0.25) is 0 Å². The molecule has 0 fully saturated rings. The van der Waals surface area contributed by atoms with E-state index in [4.69, 9.17) is 99.5 Å². The van der Waals surface area contributed by atoms with E-state index in [1.807, 2.05) is 0 Å². The first-order chi connectivity index (χ1) is 46.3. The van der Waals surface area contributed by atoms with Crippen LogP contribution < -0.4 is 59.1 Å². The number of nitrogens with zero attached hydrogens (tertiary/aromatic N) is 24. The number of hydrogen-bond acceptors (Lipinski definition) is 23. The van der Waals surface area contributed by atoms with Gasteiger partial charge in [0.25, 0.3) is 0 Å². The quantitative estimate of drug-likeness (QED) is 0.0161. The van der Waals surface area contributed by atoms with Gasteiger partial charge in [0, 0.05) is 58.1 Å². The second-order valence-corrected chi connectivity index (χ2v) is 15.6. The Bertz CT molecular complexity index is 3130. The van der Waals surface area contributed by atoms with E-state index in [0.29, 0.717) is 72.6 Å². The van der Waals surface area contributed by atoms with Crippen LogP contribution in [0.25, 0.3) is 79.9 Å². The molecule has 0 aliphatic heterocycles. The van der Waals surface area contributed by atoms with Crippen LogP contribution in [0.15, 0.2) is 139 Å². The topological polar surface area (TPSA) is 693 Å². The van der Waals surface area contributed by atoms with Crippen LogP contribution in [0.4, 0.5) is 0 Å². The molecule has 0 saturated carbocycles. The Morgan fingerprint density at radius 1 is 0.301 bits per heavy atom. The summed E-state index contributed by atoms with van der Waals surface area (Å²) < 4.78 is 29.8. The third kappa shape index (κ3) is 59.2. The maximum atomic E-state index is 11.9. The molecule has 540 valence electrons. The van der Waals surface area contributed by atoms with Gasteiger partial charge in [0.2, 0.25) is 0 Å². The Morgan fingerprint density at radius 3 is 0.485 bits per heavy atom. The van der Waals surface area contributed by atoms with Gasteiger partial charge >= 0.3 is 155 Å². The van der Waals surface area contributed by atoms with Crippen molar-refractivity contribution in [1.29, 1.82) is 15.8 Å². The molecule has 0 bridgehead atoms. The van der Waals surface area contributed by atoms with Crippen molar-refractivity contribution in [1.82, 2.24) is 0 Å². The normalized spacial score (nSPS) is 8.49. The largest absolute Gasteiger partial charge is 3.00 e. The van der Waals surface area contributed by atoms with Gasteiger partial charge in [-0.05, 0) is 69.8 Å². The van der Waals surface area contributed by atoms with Gasteiger partial charge in [-0.3, -0.25) is 54.5 Å². The van der Waals surface area contributed by atoms with Crippen LogP contribution in [0.5, 0.6) is 69.0 Å². The van der Waals surface area contributed by atoms with Gasteiger partial charge in [-0.25, -0.2) is 0 Å². The number of ether oxygens (including phenoxy) is 6. The second-order valence-electron chi connectivity index (χ2n) is 15.6. The summed E-state index contributed by atoms with van der Waals surface area (Å²) >= 11 is 0. The molecule has 6 rings (SSSR count). The van der Waals surface area contributed by atoms with E-state index in [2.05, 4.69) is 30.0 Å². The minimum Gasteiger partial charge on any atom is -0.870 e. The Hall–Kier alpha value is -9.02. The minimum absolute atomic E-state index is 0. The number of methoxy groups -OCH3 is 6. The predicted molar refractivity (Wildman–Crippen MR) is 358 cm³/mol. The third-order valence-electron chi connectivity index (χ3n) is 9.83. The number of aliphatic imine (C=N–C) groups is 6. The molecule has 0 atom stereocenters. The van der Waals surface area contributed by atoms with Crippen LogP contribution in [-0.4, -0.2) is 130 Å². The molecule has 2 N–H and O–H groups in total. The second kappa shape index (κ2) is 87.2. The van der Waals surface area contributed by atoms with Gasteiger partial charge in [-0.2, -0.15) is 15.8 Å². The fraction of sp³-hybridized carbons (Fsp3) is 0.250. The molecule has 0 aromatic heterocycles. The standard InChI is InChI=1S/3C18H20N2O4.3C2H3N.5N3.2H2O.3Tb.2Zn/c3*1-23-15-7-3-5-13(17(15)21)11-19-9-10-20-12-14-6-4-8-16(24-2)18(14)22;3*1-2-3;5*1-3-2;;;;;;;/h3*3-8,11-12,21-22H,9-10H2,1-2H3;3*1H3;;;;;;2*1H2;;;;;/q;;;;;;5*-1;;;3*+3;2*+2/p-8. The van der Waals surface area contributed by atoms with E-state index < -0.39 is 0 Å². The first-order valence-electron chi connectivity index (χ1n) is 26.2. The fourth-order valence-electron chi connectivity index (χ4n) is 6.10. The summed E-state index contributed by atoms with van der Waals surface area (Å²) in [5, 5.41) is 93.4. The van der Waals surface area contributed by atoms with Crippen molar-refractivity contribution < 1.29 is 225 Å². The number of para-hydroxylation sites is 6. The van der Waals surface area contributed by atoms with E-state index in [0.717, 1.165) is 0 Å². The van der Waals surface area contributed by atoms with Crippen molar-refractivity contribution in [3.63, 3.8) is 0 Å². The number of hydrogen-bond donors (Lipinski definition) is 0. The molecule has 0 spiro atoms. The Kier molecular flexibility index (Phi) is 102. The van der Waals surface area contributed by atoms with E-state index in [1.165, 1.54) is 125 Å². The molecule has 6 aromatic rings. The maximum Gasteiger partial charge on any atom is 3.00 e. The predicted octanol–water partition coefficient (Wildman–Crippen LogP) is 9.73. The van der Waals surface area contributed by atoms with Crippen molar-refractivity contribution in [3.05, 3.63) is 222 Å². The Balaban J connectivity index is -0.000000101. The molecule has 103 heavy (non-hydrogen) atoms. The average Bonchev–Trinajstić information content (AvgIpc) is 0.926.